The fraction of sp³-hybridized carbons (Fsp3) is 0.364. The summed E-state index contributed by atoms with van der Waals surface area (Å²) in [4.78, 5) is 6.36. The second-order valence-electron chi connectivity index (χ2n) is 3.90. The number of methoxy groups -OCH3 is 1. The molecule has 0 spiro atoms. The molecular formula is C11H13F3N2O4S. The lowest BCUT2D eigenvalue weighted by Crippen LogP contribution is -2.23. The predicted octanol–water partition coefficient (Wildman–Crippen LogP) is 1.71. The molecule has 6 nitrogen and oxygen atoms in total. The molecule has 1 unspecified atom stereocenters. The summed E-state index contributed by atoms with van der Waals surface area (Å²) in [5.74, 6) is 0. The van der Waals surface area contributed by atoms with E-state index in [4.69, 9.17) is 17.7 Å². The molecule has 0 fully saturated rings. The minimum absolute atomic E-state index is 0.120. The largest absolute Gasteiger partial charge is 0.522 e. The van der Waals surface area contributed by atoms with E-state index in [0.29, 0.717) is 6.02 Å². The molecule has 1 atom stereocenters. The maximum absolute atomic E-state index is 10.7. The van der Waals surface area contributed by atoms with Gasteiger partial charge in [-0.25, -0.2) is 4.99 Å². The Bertz CT molecular complexity index is 605. The number of nitrogens with zero attached hydrogens (tertiary/aromatic N) is 2. The summed E-state index contributed by atoms with van der Waals surface area (Å²) in [7, 11) is -2.24. The molecule has 0 amide bonds. The van der Waals surface area contributed by atoms with Gasteiger partial charge in [0.1, 0.15) is 6.04 Å². The van der Waals surface area contributed by atoms with Crippen molar-refractivity contribution in [3.63, 3.8) is 0 Å². The molecule has 1 aliphatic heterocycles. The summed E-state index contributed by atoms with van der Waals surface area (Å²) in [5.41, 5.74) is -4.38. The highest BCUT2D eigenvalue weighted by Crippen LogP contribution is 2.22. The van der Waals surface area contributed by atoms with Crippen LogP contribution < -0.4 is 0 Å². The van der Waals surface area contributed by atoms with Crippen LogP contribution in [0.1, 0.15) is 0 Å². The van der Waals surface area contributed by atoms with Crippen LogP contribution in [0.5, 0.6) is 0 Å². The molecule has 0 aromatic heterocycles. The van der Waals surface area contributed by atoms with E-state index in [0.717, 1.165) is 5.70 Å². The number of halogens is 3. The minimum Gasteiger partial charge on any atom is -0.468 e. The Kier molecular flexibility index (Phi) is 5.18. The number of aliphatic imine (C=N–C) groups is 1. The van der Waals surface area contributed by atoms with E-state index in [1.807, 2.05) is 30.2 Å². The first-order valence-electron chi connectivity index (χ1n) is 5.52. The molecule has 1 aliphatic carbocycles. The van der Waals surface area contributed by atoms with Gasteiger partial charge in [-0.1, -0.05) is 24.3 Å². The lowest BCUT2D eigenvalue weighted by atomic mass is 10.2. The summed E-state index contributed by atoms with van der Waals surface area (Å²) < 4.78 is 62.7. The number of fused-ring (bicyclic) bond motifs is 1. The van der Waals surface area contributed by atoms with Gasteiger partial charge in [-0.2, -0.15) is 21.6 Å². The second-order valence-corrected chi connectivity index (χ2v) is 5.31. The SMILES string of the molecule is COC1=NC2C=CC=CC=C2N1C.O=S(=O)(O)C(F)(F)F. The average molecular weight is 326 g/mol. The zero-order valence-corrected chi connectivity index (χ0v) is 11.9. The van der Waals surface area contributed by atoms with Crippen molar-refractivity contribution in [2.75, 3.05) is 14.2 Å². The monoisotopic (exact) mass is 326 g/mol. The van der Waals surface area contributed by atoms with Crippen LogP contribution in [0.3, 0.4) is 0 Å². The topological polar surface area (TPSA) is 79.2 Å². The molecule has 2 aliphatic rings. The Morgan fingerprint density at radius 2 is 1.90 bits per heavy atom. The average Bonchev–Trinajstić information content (AvgIpc) is 2.53. The van der Waals surface area contributed by atoms with Gasteiger partial charge in [0.05, 0.1) is 12.8 Å². The first kappa shape index (κ1) is 17.2. The molecule has 118 valence electrons. The first-order chi connectivity index (χ1) is 9.58. The fourth-order valence-corrected chi connectivity index (χ4v) is 1.51. The van der Waals surface area contributed by atoms with Gasteiger partial charge in [-0.15, -0.1) is 0 Å². The number of ether oxygens (including phenoxy) is 1. The standard InChI is InChI=1S/C10H12N2O.CHF3O3S/c1-12-9-7-5-3-4-6-8(9)11-10(12)13-2;2-1(3,4)8(5,6)7/h3-8H,1-2H3;(H,5,6,7). The van der Waals surface area contributed by atoms with E-state index in [1.54, 1.807) is 7.11 Å². The van der Waals surface area contributed by atoms with E-state index < -0.39 is 15.6 Å². The smallest absolute Gasteiger partial charge is 0.468 e. The Hall–Kier alpha value is -1.81. The molecule has 0 bridgehead atoms. The molecule has 1 N–H and O–H groups in total. The Balaban J connectivity index is 0.000000240. The molecule has 0 saturated heterocycles. The van der Waals surface area contributed by atoms with Crippen LogP contribution in [0.15, 0.2) is 41.1 Å². The van der Waals surface area contributed by atoms with Gasteiger partial charge < -0.3 is 9.64 Å². The van der Waals surface area contributed by atoms with Crippen molar-refractivity contribution in [1.82, 2.24) is 4.90 Å². The van der Waals surface area contributed by atoms with Crippen molar-refractivity contribution >= 4 is 16.1 Å². The van der Waals surface area contributed by atoms with Gasteiger partial charge in [0.25, 0.3) is 6.02 Å². The number of alkyl halides is 3. The summed E-state index contributed by atoms with van der Waals surface area (Å²) in [6.45, 7) is 0. The van der Waals surface area contributed by atoms with Crippen LogP contribution in [-0.4, -0.2) is 49.6 Å². The zero-order chi connectivity index (χ0) is 16.3. The number of amidine groups is 1. The van der Waals surface area contributed by atoms with Crippen LogP contribution in [0, 0.1) is 0 Å². The molecule has 21 heavy (non-hydrogen) atoms. The van der Waals surface area contributed by atoms with E-state index >= 15 is 0 Å². The number of rotatable bonds is 0. The van der Waals surface area contributed by atoms with E-state index in [-0.39, 0.29) is 6.04 Å². The van der Waals surface area contributed by atoms with Gasteiger partial charge in [0.15, 0.2) is 0 Å². The Morgan fingerprint density at radius 3 is 2.38 bits per heavy atom. The molecule has 1 heterocycles. The molecule has 0 saturated carbocycles. The molecule has 0 aromatic carbocycles. The first-order valence-corrected chi connectivity index (χ1v) is 6.96. The predicted molar refractivity (Wildman–Crippen MR) is 70.0 cm³/mol. The van der Waals surface area contributed by atoms with Gasteiger partial charge in [0, 0.05) is 7.05 Å². The van der Waals surface area contributed by atoms with Gasteiger partial charge in [-0.05, 0) is 6.08 Å². The minimum atomic E-state index is -5.84. The maximum Gasteiger partial charge on any atom is 0.522 e. The molecule has 2 rings (SSSR count). The highest BCUT2D eigenvalue weighted by molar-refractivity contribution is 7.86. The number of hydrogen-bond donors (Lipinski definition) is 1. The lowest BCUT2D eigenvalue weighted by molar-refractivity contribution is -0.0510. The van der Waals surface area contributed by atoms with E-state index in [9.17, 15) is 13.2 Å². The van der Waals surface area contributed by atoms with Crippen molar-refractivity contribution in [1.29, 1.82) is 0 Å². The molecular weight excluding hydrogens is 313 g/mol. The van der Waals surface area contributed by atoms with Crippen LogP contribution in [0.4, 0.5) is 13.2 Å². The van der Waals surface area contributed by atoms with Crippen molar-refractivity contribution in [3.05, 3.63) is 36.1 Å². The maximum atomic E-state index is 10.7. The van der Waals surface area contributed by atoms with Crippen LogP contribution >= 0.6 is 0 Å². The number of likely N-dealkylation sites (N-methyl/N-ethyl adjacent to an activating group) is 1. The van der Waals surface area contributed by atoms with Crippen molar-refractivity contribution < 1.29 is 30.9 Å². The van der Waals surface area contributed by atoms with Crippen LogP contribution in [0.2, 0.25) is 0 Å². The van der Waals surface area contributed by atoms with Gasteiger partial charge in [0.2, 0.25) is 0 Å². The van der Waals surface area contributed by atoms with Crippen molar-refractivity contribution in [3.8, 4) is 0 Å². The summed E-state index contributed by atoms with van der Waals surface area (Å²) in [6, 6.07) is 0.797. The number of allylic oxidation sites excluding steroid dienone is 4. The third kappa shape index (κ3) is 4.33. The van der Waals surface area contributed by atoms with Crippen molar-refractivity contribution in [2.24, 2.45) is 4.99 Å². The third-order valence-corrected chi connectivity index (χ3v) is 3.07. The summed E-state index contributed by atoms with van der Waals surface area (Å²) >= 11 is 0. The van der Waals surface area contributed by atoms with E-state index in [2.05, 4.69) is 17.1 Å². The fourth-order valence-electron chi connectivity index (χ4n) is 1.51. The molecule has 0 radical (unpaired) electrons. The van der Waals surface area contributed by atoms with Crippen LogP contribution in [-0.2, 0) is 14.9 Å². The third-order valence-electron chi connectivity index (χ3n) is 2.48. The van der Waals surface area contributed by atoms with Gasteiger partial charge in [-0.3, -0.25) is 4.55 Å². The van der Waals surface area contributed by atoms with Gasteiger partial charge >= 0.3 is 15.6 Å². The normalized spacial score (nSPS) is 20.9. The van der Waals surface area contributed by atoms with Crippen LogP contribution in [0.25, 0.3) is 0 Å². The quantitative estimate of drug-likeness (QED) is 0.541. The Morgan fingerprint density at radius 1 is 1.33 bits per heavy atom. The molecule has 10 heteroatoms. The number of hydrogen-bond acceptors (Lipinski definition) is 5. The van der Waals surface area contributed by atoms with E-state index in [1.165, 1.54) is 0 Å². The summed E-state index contributed by atoms with van der Waals surface area (Å²) in [6.07, 6.45) is 10.1. The lowest BCUT2D eigenvalue weighted by Gasteiger charge is -2.14. The summed E-state index contributed by atoms with van der Waals surface area (Å²) in [5, 5.41) is 0. The highest BCUT2D eigenvalue weighted by atomic mass is 32.2. The molecule has 0 aromatic rings. The Labute approximate surface area is 119 Å². The highest BCUT2D eigenvalue weighted by Gasteiger charge is 2.44. The second kappa shape index (κ2) is 6.31. The zero-order valence-electron chi connectivity index (χ0n) is 11.1. The van der Waals surface area contributed by atoms with Crippen molar-refractivity contribution in [2.45, 2.75) is 11.6 Å².